The molecule has 1 aromatic carbocycles. The second-order valence-electron chi connectivity index (χ2n) is 4.71. The number of nitriles is 1. The molecule has 0 saturated carbocycles. The van der Waals surface area contributed by atoms with Crippen molar-refractivity contribution in [1.29, 1.82) is 5.26 Å². The Hall–Kier alpha value is -3.07. The summed E-state index contributed by atoms with van der Waals surface area (Å²) >= 11 is 0. The maximum absolute atomic E-state index is 10.1. The number of aromatic nitrogens is 3. The van der Waals surface area contributed by atoms with Gasteiger partial charge in [0.1, 0.15) is 11.6 Å². The van der Waals surface area contributed by atoms with Crippen molar-refractivity contribution in [2.45, 2.75) is 6.92 Å². The molecule has 3 rings (SSSR count). The lowest BCUT2D eigenvalue weighted by Gasteiger charge is -2.13. The molecule has 0 atom stereocenters. The monoisotopic (exact) mass is 279 g/mol. The van der Waals surface area contributed by atoms with E-state index in [0.717, 1.165) is 5.69 Å². The molecule has 0 unspecified atom stereocenters. The van der Waals surface area contributed by atoms with E-state index in [2.05, 4.69) is 10.1 Å². The van der Waals surface area contributed by atoms with Gasteiger partial charge in [0.15, 0.2) is 5.65 Å². The third-order valence-electron chi connectivity index (χ3n) is 3.34. The fraction of sp³-hybridized carbons (Fsp3) is 0.133. The molecular formula is C15H13N5O. The van der Waals surface area contributed by atoms with Crippen molar-refractivity contribution in [2.24, 2.45) is 0 Å². The number of rotatable bonds is 2. The van der Waals surface area contributed by atoms with Crippen LogP contribution in [0.2, 0.25) is 0 Å². The number of hydrogen-bond donors (Lipinski definition) is 1. The van der Waals surface area contributed by atoms with Gasteiger partial charge in [0.25, 0.3) is 0 Å². The van der Waals surface area contributed by atoms with Crippen LogP contribution < -0.4 is 4.90 Å². The second-order valence-corrected chi connectivity index (χ2v) is 4.71. The Labute approximate surface area is 121 Å². The van der Waals surface area contributed by atoms with Crippen LogP contribution in [-0.4, -0.2) is 26.8 Å². The number of hydrogen-bond acceptors (Lipinski definition) is 5. The summed E-state index contributed by atoms with van der Waals surface area (Å²) in [5.74, 6) is 0.263. The van der Waals surface area contributed by atoms with Crippen LogP contribution in [0, 0.1) is 18.3 Å². The molecule has 0 aliphatic rings. The van der Waals surface area contributed by atoms with Crippen molar-refractivity contribution in [3.8, 4) is 11.9 Å². The summed E-state index contributed by atoms with van der Waals surface area (Å²) in [5, 5.41) is 23.5. The highest BCUT2D eigenvalue weighted by Gasteiger charge is 2.16. The van der Waals surface area contributed by atoms with Crippen molar-refractivity contribution in [1.82, 2.24) is 14.6 Å². The predicted octanol–water partition coefficient (Wildman–Crippen LogP) is 2.38. The van der Waals surface area contributed by atoms with Crippen molar-refractivity contribution >= 4 is 17.3 Å². The highest BCUT2D eigenvalue weighted by molar-refractivity contribution is 5.61. The van der Waals surface area contributed by atoms with Crippen LogP contribution >= 0.6 is 0 Å². The first-order chi connectivity index (χ1) is 10.1. The first-order valence-electron chi connectivity index (χ1n) is 6.40. The highest BCUT2D eigenvalue weighted by Crippen LogP contribution is 2.25. The van der Waals surface area contributed by atoms with Crippen LogP contribution in [-0.2, 0) is 0 Å². The molecule has 0 bridgehead atoms. The first-order valence-corrected chi connectivity index (χ1v) is 6.40. The Bertz CT molecular complexity index is 848. The number of anilines is 2. The van der Waals surface area contributed by atoms with Crippen LogP contribution in [0.1, 0.15) is 11.1 Å². The van der Waals surface area contributed by atoms with E-state index in [1.54, 1.807) is 13.0 Å². The fourth-order valence-electron chi connectivity index (χ4n) is 2.16. The van der Waals surface area contributed by atoms with E-state index in [9.17, 15) is 5.11 Å². The number of nitrogens with zero attached hydrogens (tertiary/aromatic N) is 5. The van der Waals surface area contributed by atoms with Crippen LogP contribution in [0.4, 0.5) is 11.6 Å². The summed E-state index contributed by atoms with van der Waals surface area (Å²) in [5.41, 5.74) is 2.32. The average molecular weight is 279 g/mol. The standard InChI is InChI=1S/C15H13N5O/c1-10-8-13-17-15(18-20(13)14(21)12(10)9-16)19(2)11-6-4-3-5-7-11/h3-8,21H,1-2H3. The van der Waals surface area contributed by atoms with Gasteiger partial charge in [-0.1, -0.05) is 18.2 Å². The molecule has 21 heavy (non-hydrogen) atoms. The maximum Gasteiger partial charge on any atom is 0.250 e. The molecule has 0 saturated heterocycles. The fourth-order valence-corrected chi connectivity index (χ4v) is 2.16. The molecule has 1 N–H and O–H groups in total. The molecule has 0 amide bonds. The Morgan fingerprint density at radius 3 is 2.67 bits per heavy atom. The molecule has 6 heteroatoms. The summed E-state index contributed by atoms with van der Waals surface area (Å²) in [7, 11) is 1.85. The van der Waals surface area contributed by atoms with Crippen LogP contribution in [0.5, 0.6) is 5.88 Å². The molecule has 0 fully saturated rings. The summed E-state index contributed by atoms with van der Waals surface area (Å²) in [6, 6.07) is 13.4. The number of para-hydroxylation sites is 1. The lowest BCUT2D eigenvalue weighted by atomic mass is 10.2. The Kier molecular flexibility index (Phi) is 2.95. The molecule has 3 aromatic rings. The van der Waals surface area contributed by atoms with Gasteiger partial charge in [-0.15, -0.1) is 5.10 Å². The summed E-state index contributed by atoms with van der Waals surface area (Å²) < 4.78 is 1.28. The van der Waals surface area contributed by atoms with Gasteiger partial charge in [0.2, 0.25) is 11.8 Å². The molecule has 0 aliphatic carbocycles. The summed E-state index contributed by atoms with van der Waals surface area (Å²) in [6.07, 6.45) is 0. The Balaban J connectivity index is 2.14. The quantitative estimate of drug-likeness (QED) is 0.779. The van der Waals surface area contributed by atoms with Gasteiger partial charge < -0.3 is 10.0 Å². The van der Waals surface area contributed by atoms with Gasteiger partial charge in [-0.05, 0) is 30.7 Å². The molecule has 2 aromatic heterocycles. The van der Waals surface area contributed by atoms with E-state index < -0.39 is 0 Å². The zero-order chi connectivity index (χ0) is 15.0. The third kappa shape index (κ3) is 2.05. The van der Waals surface area contributed by atoms with E-state index >= 15 is 0 Å². The number of aromatic hydroxyl groups is 1. The lowest BCUT2D eigenvalue weighted by molar-refractivity contribution is 0.434. The Morgan fingerprint density at radius 1 is 1.29 bits per heavy atom. The van der Waals surface area contributed by atoms with Crippen LogP contribution in [0.3, 0.4) is 0 Å². The van der Waals surface area contributed by atoms with E-state index in [1.165, 1.54) is 4.52 Å². The topological polar surface area (TPSA) is 77.5 Å². The van der Waals surface area contributed by atoms with Gasteiger partial charge in [-0.25, -0.2) is 0 Å². The molecular weight excluding hydrogens is 266 g/mol. The van der Waals surface area contributed by atoms with E-state index in [0.29, 0.717) is 17.2 Å². The molecule has 0 spiro atoms. The number of aryl methyl sites for hydroxylation is 1. The van der Waals surface area contributed by atoms with Gasteiger partial charge in [-0.2, -0.15) is 14.8 Å². The van der Waals surface area contributed by atoms with Gasteiger partial charge in [0, 0.05) is 12.7 Å². The lowest BCUT2D eigenvalue weighted by Crippen LogP contribution is -2.11. The molecule has 2 heterocycles. The predicted molar refractivity (Wildman–Crippen MR) is 78.6 cm³/mol. The van der Waals surface area contributed by atoms with Gasteiger partial charge in [0.05, 0.1) is 0 Å². The number of fused-ring (bicyclic) bond motifs is 1. The van der Waals surface area contributed by atoms with Crippen LogP contribution in [0.25, 0.3) is 5.65 Å². The smallest absolute Gasteiger partial charge is 0.250 e. The highest BCUT2D eigenvalue weighted by atomic mass is 16.3. The second kappa shape index (κ2) is 4.80. The van der Waals surface area contributed by atoms with Crippen molar-refractivity contribution in [2.75, 3.05) is 11.9 Å². The zero-order valence-corrected chi connectivity index (χ0v) is 11.6. The van der Waals surface area contributed by atoms with Crippen molar-refractivity contribution in [3.63, 3.8) is 0 Å². The number of benzene rings is 1. The normalized spacial score (nSPS) is 10.5. The molecule has 104 valence electrons. The minimum absolute atomic E-state index is 0.187. The van der Waals surface area contributed by atoms with Crippen molar-refractivity contribution in [3.05, 3.63) is 47.5 Å². The van der Waals surface area contributed by atoms with Gasteiger partial charge >= 0.3 is 0 Å². The van der Waals surface area contributed by atoms with E-state index in [-0.39, 0.29) is 11.4 Å². The summed E-state index contributed by atoms with van der Waals surface area (Å²) in [4.78, 5) is 6.21. The largest absolute Gasteiger partial charge is 0.492 e. The van der Waals surface area contributed by atoms with Gasteiger partial charge in [-0.3, -0.25) is 0 Å². The SMILES string of the molecule is Cc1cc2nc(N(C)c3ccccc3)nn2c(O)c1C#N. The maximum atomic E-state index is 10.1. The minimum Gasteiger partial charge on any atom is -0.492 e. The third-order valence-corrected chi connectivity index (χ3v) is 3.34. The Morgan fingerprint density at radius 2 is 2.00 bits per heavy atom. The van der Waals surface area contributed by atoms with Crippen LogP contribution in [0.15, 0.2) is 36.4 Å². The first kappa shape index (κ1) is 12.9. The molecule has 0 aliphatic heterocycles. The zero-order valence-electron chi connectivity index (χ0n) is 11.6. The average Bonchev–Trinajstić information content (AvgIpc) is 2.92. The molecule has 6 nitrogen and oxygen atoms in total. The minimum atomic E-state index is -0.187. The van der Waals surface area contributed by atoms with Crippen molar-refractivity contribution < 1.29 is 5.11 Å². The summed E-state index contributed by atoms with van der Waals surface area (Å²) in [6.45, 7) is 1.76. The molecule has 0 radical (unpaired) electrons. The number of pyridine rings is 1. The van der Waals surface area contributed by atoms with E-state index in [1.807, 2.05) is 48.3 Å². The van der Waals surface area contributed by atoms with E-state index in [4.69, 9.17) is 5.26 Å².